The average molecular weight is 519 g/mol. The summed E-state index contributed by atoms with van der Waals surface area (Å²) < 4.78 is 50.1. The molecule has 0 spiro atoms. The molecule has 33 heavy (non-hydrogen) atoms. The predicted octanol–water partition coefficient (Wildman–Crippen LogP) is 4.66. The fourth-order valence-electron chi connectivity index (χ4n) is 3.46. The van der Waals surface area contributed by atoms with Crippen LogP contribution in [0.25, 0.3) is 0 Å². The van der Waals surface area contributed by atoms with Gasteiger partial charge in [0, 0.05) is 37.7 Å². The zero-order valence-corrected chi connectivity index (χ0v) is 20.7. The normalized spacial score (nSPS) is 14.9. The number of sulfonamides is 1. The van der Waals surface area contributed by atoms with Crippen LogP contribution in [0.3, 0.4) is 0 Å². The Labute approximate surface area is 202 Å². The maximum absolute atomic E-state index is 14.4. The van der Waals surface area contributed by atoms with Gasteiger partial charge < -0.3 is 14.4 Å². The second-order valence-corrected chi connectivity index (χ2v) is 10.6. The van der Waals surface area contributed by atoms with Gasteiger partial charge in [0.25, 0.3) is 5.91 Å². The smallest absolute Gasteiger partial charge is 0.267 e. The van der Waals surface area contributed by atoms with Gasteiger partial charge in [-0.1, -0.05) is 23.2 Å². The molecule has 1 aliphatic heterocycles. The molecule has 1 heterocycles. The number of halogens is 3. The highest BCUT2D eigenvalue weighted by Crippen LogP contribution is 2.33. The fourth-order valence-corrected chi connectivity index (χ4v) is 4.34. The third kappa shape index (κ3) is 6.88. The summed E-state index contributed by atoms with van der Waals surface area (Å²) >= 11 is 12.5. The number of anilines is 1. The molecule has 1 aliphatic rings. The Balaban J connectivity index is 1.62. The van der Waals surface area contributed by atoms with Crippen molar-refractivity contribution >= 4 is 44.8 Å². The zero-order chi connectivity index (χ0) is 24.3. The Morgan fingerprint density at radius 2 is 1.76 bits per heavy atom. The van der Waals surface area contributed by atoms with Gasteiger partial charge in [0.2, 0.25) is 10.0 Å². The van der Waals surface area contributed by atoms with Crippen molar-refractivity contribution in [3.05, 3.63) is 51.8 Å². The highest BCUT2D eigenvalue weighted by Gasteiger charge is 2.24. The van der Waals surface area contributed by atoms with Crippen LogP contribution in [0.15, 0.2) is 30.3 Å². The third-order valence-corrected chi connectivity index (χ3v) is 6.07. The molecule has 0 bridgehead atoms. The molecule has 1 fully saturated rings. The number of ether oxygens (including phenoxy) is 2. The Hall–Kier alpha value is -2.23. The van der Waals surface area contributed by atoms with Crippen molar-refractivity contribution in [1.29, 1.82) is 0 Å². The van der Waals surface area contributed by atoms with Crippen LogP contribution in [-0.2, 0) is 10.0 Å². The maximum Gasteiger partial charge on any atom is 0.267 e. The van der Waals surface area contributed by atoms with E-state index in [1.807, 2.05) is 32.0 Å². The lowest BCUT2D eigenvalue weighted by atomic mass is 10.1. The standard InChI is InChI=1S/C22H25Cl2FN2O5S/c1-13(2)31-20-5-4-14(10-17(20)23)27-8-6-15(7-9-27)32-21-12-19(25)16(11-18(21)24)22(28)26-33(3,29)30/h4-5,10-13,15H,6-9H2,1-3H3,(H,26,28). The van der Waals surface area contributed by atoms with E-state index >= 15 is 0 Å². The van der Waals surface area contributed by atoms with E-state index in [2.05, 4.69) is 4.90 Å². The van der Waals surface area contributed by atoms with Gasteiger partial charge in [-0.05, 0) is 38.1 Å². The van der Waals surface area contributed by atoms with Gasteiger partial charge in [-0.3, -0.25) is 4.79 Å². The van der Waals surface area contributed by atoms with Gasteiger partial charge in [0.1, 0.15) is 23.4 Å². The Morgan fingerprint density at radius 3 is 2.33 bits per heavy atom. The number of nitrogens with one attached hydrogen (secondary N) is 1. The Morgan fingerprint density at radius 1 is 1.12 bits per heavy atom. The van der Waals surface area contributed by atoms with E-state index in [9.17, 15) is 17.6 Å². The lowest BCUT2D eigenvalue weighted by Gasteiger charge is -2.34. The lowest BCUT2D eigenvalue weighted by molar-refractivity contribution is 0.0977. The largest absolute Gasteiger partial charge is 0.489 e. The molecular weight excluding hydrogens is 494 g/mol. The number of carbonyl (C=O) groups excluding carboxylic acids is 1. The van der Waals surface area contributed by atoms with Gasteiger partial charge in [-0.25, -0.2) is 17.5 Å². The van der Waals surface area contributed by atoms with Crippen molar-refractivity contribution in [1.82, 2.24) is 4.72 Å². The first-order valence-corrected chi connectivity index (χ1v) is 13.0. The minimum Gasteiger partial charge on any atom is -0.489 e. The number of nitrogens with zero attached hydrogens (tertiary/aromatic N) is 1. The second-order valence-electron chi connectivity index (χ2n) is 8.05. The Bertz CT molecular complexity index is 1140. The van der Waals surface area contributed by atoms with E-state index in [1.165, 1.54) is 0 Å². The number of piperidine rings is 1. The number of rotatable bonds is 7. The van der Waals surface area contributed by atoms with Crippen molar-refractivity contribution < 1.29 is 27.1 Å². The molecule has 2 aromatic carbocycles. The van der Waals surface area contributed by atoms with E-state index in [0.29, 0.717) is 36.7 Å². The number of benzene rings is 2. The summed E-state index contributed by atoms with van der Waals surface area (Å²) in [4.78, 5) is 14.1. The SMILES string of the molecule is CC(C)Oc1ccc(N2CCC(Oc3cc(F)c(C(=O)NS(C)(=O)=O)cc3Cl)CC2)cc1Cl. The lowest BCUT2D eigenvalue weighted by Crippen LogP contribution is -2.38. The molecule has 1 saturated heterocycles. The molecule has 7 nitrogen and oxygen atoms in total. The maximum atomic E-state index is 14.4. The van der Waals surface area contributed by atoms with Crippen LogP contribution >= 0.6 is 23.2 Å². The molecule has 1 N–H and O–H groups in total. The van der Waals surface area contributed by atoms with Gasteiger partial charge in [0.05, 0.1) is 28.0 Å². The molecule has 0 unspecified atom stereocenters. The highest BCUT2D eigenvalue weighted by atomic mass is 35.5. The molecule has 1 amide bonds. The topological polar surface area (TPSA) is 84.9 Å². The summed E-state index contributed by atoms with van der Waals surface area (Å²) in [5, 5.41) is 0.562. The van der Waals surface area contributed by atoms with Crippen molar-refractivity contribution in [2.75, 3.05) is 24.2 Å². The summed E-state index contributed by atoms with van der Waals surface area (Å²) in [6.07, 6.45) is 1.95. The van der Waals surface area contributed by atoms with Crippen molar-refractivity contribution in [3.8, 4) is 11.5 Å². The van der Waals surface area contributed by atoms with Crippen molar-refractivity contribution in [2.45, 2.75) is 38.9 Å². The molecule has 0 aliphatic carbocycles. The highest BCUT2D eigenvalue weighted by molar-refractivity contribution is 7.89. The summed E-state index contributed by atoms with van der Waals surface area (Å²) in [5.74, 6) is -1.28. The van der Waals surface area contributed by atoms with E-state index in [0.717, 1.165) is 24.1 Å². The number of hydrogen-bond donors (Lipinski definition) is 1. The van der Waals surface area contributed by atoms with Crippen LogP contribution in [0.5, 0.6) is 11.5 Å². The van der Waals surface area contributed by atoms with Crippen LogP contribution in [0.4, 0.5) is 10.1 Å². The minimum atomic E-state index is -3.83. The zero-order valence-electron chi connectivity index (χ0n) is 18.4. The van der Waals surface area contributed by atoms with E-state index in [-0.39, 0.29) is 23.0 Å². The van der Waals surface area contributed by atoms with Crippen LogP contribution in [-0.4, -0.2) is 45.9 Å². The van der Waals surface area contributed by atoms with Crippen LogP contribution in [0.1, 0.15) is 37.0 Å². The third-order valence-electron chi connectivity index (χ3n) is 4.92. The quantitative estimate of drug-likeness (QED) is 0.573. The Kier molecular flexibility index (Phi) is 7.97. The van der Waals surface area contributed by atoms with Crippen molar-refractivity contribution in [2.24, 2.45) is 0 Å². The molecule has 11 heteroatoms. The number of amides is 1. The molecule has 3 rings (SSSR count). The first-order chi connectivity index (χ1) is 15.4. The van der Waals surface area contributed by atoms with Crippen molar-refractivity contribution in [3.63, 3.8) is 0 Å². The van der Waals surface area contributed by atoms with Gasteiger partial charge in [-0.15, -0.1) is 0 Å². The molecule has 0 radical (unpaired) electrons. The van der Waals surface area contributed by atoms with Gasteiger partial charge in [0.15, 0.2) is 0 Å². The molecule has 180 valence electrons. The predicted molar refractivity (Wildman–Crippen MR) is 127 cm³/mol. The molecule has 0 aromatic heterocycles. The first-order valence-electron chi connectivity index (χ1n) is 10.3. The second kappa shape index (κ2) is 10.4. The van der Waals surface area contributed by atoms with E-state index in [1.54, 1.807) is 4.72 Å². The van der Waals surface area contributed by atoms with Crippen LogP contribution in [0, 0.1) is 5.82 Å². The van der Waals surface area contributed by atoms with E-state index < -0.39 is 27.3 Å². The average Bonchev–Trinajstić information content (AvgIpc) is 2.71. The summed E-state index contributed by atoms with van der Waals surface area (Å²) in [6.45, 7) is 5.26. The fraction of sp³-hybridized carbons (Fsp3) is 0.409. The minimum absolute atomic E-state index is 0.0185. The van der Waals surface area contributed by atoms with Gasteiger partial charge >= 0.3 is 0 Å². The van der Waals surface area contributed by atoms with E-state index in [4.69, 9.17) is 32.7 Å². The number of hydrogen-bond acceptors (Lipinski definition) is 6. The monoisotopic (exact) mass is 518 g/mol. The van der Waals surface area contributed by atoms with Crippen LogP contribution < -0.4 is 19.1 Å². The molecule has 2 aromatic rings. The summed E-state index contributed by atoms with van der Waals surface area (Å²) in [5.41, 5.74) is 0.495. The summed E-state index contributed by atoms with van der Waals surface area (Å²) in [6, 6.07) is 7.73. The van der Waals surface area contributed by atoms with Crippen LogP contribution in [0.2, 0.25) is 10.0 Å². The number of carbonyl (C=O) groups is 1. The molecule has 0 atom stereocenters. The van der Waals surface area contributed by atoms with Gasteiger partial charge in [-0.2, -0.15) is 0 Å². The summed E-state index contributed by atoms with van der Waals surface area (Å²) in [7, 11) is -3.83. The molecule has 0 saturated carbocycles. The first kappa shape index (κ1) is 25.4. The molecular formula is C22H25Cl2FN2O5S.